The zero-order chi connectivity index (χ0) is 11.1. The van der Waals surface area contributed by atoms with Gasteiger partial charge in [0.15, 0.2) is 0 Å². The molecule has 0 aromatic rings. The lowest BCUT2D eigenvalue weighted by atomic mass is 10.00. The van der Waals surface area contributed by atoms with Crippen molar-refractivity contribution in [1.29, 1.82) is 0 Å². The Morgan fingerprint density at radius 2 is 2.06 bits per heavy atom. The molecule has 2 saturated heterocycles. The number of hydrogen-bond donors (Lipinski definition) is 2. The van der Waals surface area contributed by atoms with Gasteiger partial charge < -0.3 is 15.5 Å². The van der Waals surface area contributed by atoms with Crippen molar-refractivity contribution in [1.82, 2.24) is 15.5 Å². The summed E-state index contributed by atoms with van der Waals surface area (Å²) >= 11 is 0. The minimum absolute atomic E-state index is 0.875. The average Bonchev–Trinajstić information content (AvgIpc) is 2.83. The molecule has 0 aromatic heterocycles. The SMILES string of the molecule is C1CNCC(CNCCCN2CCCC2)C1. The van der Waals surface area contributed by atoms with Crippen LogP contribution < -0.4 is 10.6 Å². The van der Waals surface area contributed by atoms with Crippen LogP contribution in [-0.4, -0.2) is 50.7 Å². The van der Waals surface area contributed by atoms with Crippen LogP contribution in [0.5, 0.6) is 0 Å². The van der Waals surface area contributed by atoms with E-state index in [9.17, 15) is 0 Å². The summed E-state index contributed by atoms with van der Waals surface area (Å²) in [5.41, 5.74) is 0. The third-order valence-corrected chi connectivity index (χ3v) is 3.86. The highest BCUT2D eigenvalue weighted by molar-refractivity contribution is 4.71. The normalized spacial score (nSPS) is 27.4. The van der Waals surface area contributed by atoms with Crippen molar-refractivity contribution in [3.8, 4) is 0 Å². The Labute approximate surface area is 100.0 Å². The van der Waals surface area contributed by atoms with E-state index < -0.39 is 0 Å². The first kappa shape index (κ1) is 12.3. The molecule has 3 nitrogen and oxygen atoms in total. The van der Waals surface area contributed by atoms with Crippen molar-refractivity contribution in [2.75, 3.05) is 45.8 Å². The maximum atomic E-state index is 3.61. The lowest BCUT2D eigenvalue weighted by Gasteiger charge is -2.23. The van der Waals surface area contributed by atoms with Crippen molar-refractivity contribution in [2.24, 2.45) is 5.92 Å². The molecule has 0 saturated carbocycles. The van der Waals surface area contributed by atoms with Crippen molar-refractivity contribution in [3.05, 3.63) is 0 Å². The van der Waals surface area contributed by atoms with Gasteiger partial charge in [-0.1, -0.05) is 0 Å². The van der Waals surface area contributed by atoms with Crippen LogP contribution in [0.3, 0.4) is 0 Å². The van der Waals surface area contributed by atoms with Gasteiger partial charge in [-0.05, 0) is 83.8 Å². The largest absolute Gasteiger partial charge is 0.316 e. The maximum absolute atomic E-state index is 3.61. The summed E-state index contributed by atoms with van der Waals surface area (Å²) in [5.74, 6) is 0.875. The smallest absolute Gasteiger partial charge is 0.000664 e. The molecule has 0 bridgehead atoms. The monoisotopic (exact) mass is 225 g/mol. The number of nitrogens with one attached hydrogen (secondary N) is 2. The Hall–Kier alpha value is -0.120. The lowest BCUT2D eigenvalue weighted by molar-refractivity contribution is 0.322. The van der Waals surface area contributed by atoms with Crippen LogP contribution in [-0.2, 0) is 0 Å². The molecule has 2 heterocycles. The average molecular weight is 225 g/mol. The summed E-state index contributed by atoms with van der Waals surface area (Å²) in [6.07, 6.45) is 6.93. The zero-order valence-corrected chi connectivity index (χ0v) is 10.5. The van der Waals surface area contributed by atoms with Crippen molar-refractivity contribution >= 4 is 0 Å². The molecule has 2 rings (SSSR count). The van der Waals surface area contributed by atoms with Gasteiger partial charge in [-0.25, -0.2) is 0 Å². The standard InChI is InChI=1S/C13H27N3/c1-2-9-16(8-1)10-4-7-15-12-13-5-3-6-14-11-13/h13-15H,1-12H2. The molecule has 0 radical (unpaired) electrons. The molecular formula is C13H27N3. The summed E-state index contributed by atoms with van der Waals surface area (Å²) < 4.78 is 0. The molecule has 1 unspecified atom stereocenters. The second-order valence-electron chi connectivity index (χ2n) is 5.32. The van der Waals surface area contributed by atoms with Crippen LogP contribution in [0.2, 0.25) is 0 Å². The number of likely N-dealkylation sites (tertiary alicyclic amines) is 1. The molecule has 0 aromatic carbocycles. The predicted octanol–water partition coefficient (Wildman–Crippen LogP) is 1.06. The van der Waals surface area contributed by atoms with E-state index >= 15 is 0 Å². The predicted molar refractivity (Wildman–Crippen MR) is 68.8 cm³/mol. The first-order chi connectivity index (χ1) is 7.95. The first-order valence-corrected chi connectivity index (χ1v) is 7.09. The molecule has 2 fully saturated rings. The second-order valence-corrected chi connectivity index (χ2v) is 5.32. The third-order valence-electron chi connectivity index (χ3n) is 3.86. The van der Waals surface area contributed by atoms with E-state index in [1.807, 2.05) is 0 Å². The summed E-state index contributed by atoms with van der Waals surface area (Å²) in [4.78, 5) is 2.60. The Bertz CT molecular complexity index is 172. The topological polar surface area (TPSA) is 27.3 Å². The second kappa shape index (κ2) is 7.25. The number of nitrogens with zero attached hydrogens (tertiary/aromatic N) is 1. The number of piperidine rings is 1. The minimum atomic E-state index is 0.875. The van der Waals surface area contributed by atoms with E-state index in [1.165, 1.54) is 77.9 Å². The number of rotatable bonds is 6. The number of hydrogen-bond acceptors (Lipinski definition) is 3. The molecule has 0 amide bonds. The van der Waals surface area contributed by atoms with Gasteiger partial charge in [0.2, 0.25) is 0 Å². The van der Waals surface area contributed by atoms with Crippen molar-refractivity contribution in [2.45, 2.75) is 32.1 Å². The maximum Gasteiger partial charge on any atom is -0.000664 e. The molecule has 0 aliphatic carbocycles. The lowest BCUT2D eigenvalue weighted by Crippen LogP contribution is -2.36. The van der Waals surface area contributed by atoms with E-state index in [0.717, 1.165) is 5.92 Å². The van der Waals surface area contributed by atoms with Crippen LogP contribution in [0.15, 0.2) is 0 Å². The molecule has 2 N–H and O–H groups in total. The fraction of sp³-hybridized carbons (Fsp3) is 1.00. The van der Waals surface area contributed by atoms with Gasteiger partial charge >= 0.3 is 0 Å². The van der Waals surface area contributed by atoms with Gasteiger partial charge in [-0.2, -0.15) is 0 Å². The van der Waals surface area contributed by atoms with E-state index in [1.54, 1.807) is 0 Å². The van der Waals surface area contributed by atoms with Crippen LogP contribution >= 0.6 is 0 Å². The molecule has 2 aliphatic rings. The summed E-state index contributed by atoms with van der Waals surface area (Å²) in [7, 11) is 0. The highest BCUT2D eigenvalue weighted by Crippen LogP contribution is 2.09. The summed E-state index contributed by atoms with van der Waals surface area (Å²) in [5, 5.41) is 7.08. The zero-order valence-electron chi connectivity index (χ0n) is 10.5. The highest BCUT2D eigenvalue weighted by Gasteiger charge is 2.12. The minimum Gasteiger partial charge on any atom is -0.316 e. The van der Waals surface area contributed by atoms with E-state index in [2.05, 4.69) is 15.5 Å². The summed E-state index contributed by atoms with van der Waals surface area (Å²) in [6.45, 7) is 8.85. The van der Waals surface area contributed by atoms with Gasteiger partial charge in [-0.3, -0.25) is 0 Å². The molecule has 3 heteroatoms. The van der Waals surface area contributed by atoms with Crippen LogP contribution in [0.1, 0.15) is 32.1 Å². The Balaban J connectivity index is 1.42. The molecule has 1 atom stereocenters. The quantitative estimate of drug-likeness (QED) is 0.662. The third kappa shape index (κ3) is 4.40. The Morgan fingerprint density at radius 1 is 1.19 bits per heavy atom. The van der Waals surface area contributed by atoms with E-state index in [-0.39, 0.29) is 0 Å². The molecule has 94 valence electrons. The fourth-order valence-electron chi connectivity index (χ4n) is 2.84. The fourth-order valence-corrected chi connectivity index (χ4v) is 2.84. The van der Waals surface area contributed by atoms with E-state index in [4.69, 9.17) is 0 Å². The Morgan fingerprint density at radius 3 is 2.81 bits per heavy atom. The van der Waals surface area contributed by atoms with Gasteiger partial charge in [-0.15, -0.1) is 0 Å². The molecule has 2 aliphatic heterocycles. The van der Waals surface area contributed by atoms with E-state index in [0.29, 0.717) is 0 Å². The van der Waals surface area contributed by atoms with Crippen LogP contribution in [0, 0.1) is 5.92 Å². The Kier molecular flexibility index (Phi) is 5.59. The molecule has 16 heavy (non-hydrogen) atoms. The van der Waals surface area contributed by atoms with Gasteiger partial charge in [0.05, 0.1) is 0 Å². The van der Waals surface area contributed by atoms with Crippen molar-refractivity contribution < 1.29 is 0 Å². The first-order valence-electron chi connectivity index (χ1n) is 7.09. The van der Waals surface area contributed by atoms with Crippen LogP contribution in [0.4, 0.5) is 0 Å². The summed E-state index contributed by atoms with van der Waals surface area (Å²) in [6, 6.07) is 0. The van der Waals surface area contributed by atoms with Gasteiger partial charge in [0.1, 0.15) is 0 Å². The van der Waals surface area contributed by atoms with Gasteiger partial charge in [0, 0.05) is 0 Å². The van der Waals surface area contributed by atoms with Crippen LogP contribution in [0.25, 0.3) is 0 Å². The van der Waals surface area contributed by atoms with Gasteiger partial charge in [0.25, 0.3) is 0 Å². The highest BCUT2D eigenvalue weighted by atomic mass is 15.1. The van der Waals surface area contributed by atoms with Crippen molar-refractivity contribution in [3.63, 3.8) is 0 Å². The molecular weight excluding hydrogens is 198 g/mol. The molecule has 0 spiro atoms.